The van der Waals surface area contributed by atoms with Gasteiger partial charge in [0.1, 0.15) is 11.3 Å². The summed E-state index contributed by atoms with van der Waals surface area (Å²) in [6.45, 7) is 5.53. The fourth-order valence-corrected chi connectivity index (χ4v) is 3.82. The standard InChI is InChI=1S/C21H23FN2O/c1-14-6-5-7-15(2)24(14)13-16-10-11-20-19(12-16)23-21(25-20)17-8-3-4-9-18(17)22/h3-4,8-12,14-15H,5-7,13H2,1-2H3/t14-,15-/m1/s1. The van der Waals surface area contributed by atoms with Crippen molar-refractivity contribution in [2.24, 2.45) is 0 Å². The normalized spacial score (nSPS) is 21.7. The minimum absolute atomic E-state index is 0.315. The molecule has 0 amide bonds. The van der Waals surface area contributed by atoms with E-state index in [0.29, 0.717) is 29.1 Å². The summed E-state index contributed by atoms with van der Waals surface area (Å²) < 4.78 is 19.7. The first-order chi connectivity index (χ1) is 12.1. The molecule has 25 heavy (non-hydrogen) atoms. The Kier molecular flexibility index (Phi) is 4.30. The highest BCUT2D eigenvalue weighted by Gasteiger charge is 2.24. The summed E-state index contributed by atoms with van der Waals surface area (Å²) in [5.41, 5.74) is 3.11. The van der Waals surface area contributed by atoms with Crippen molar-refractivity contribution < 1.29 is 8.81 Å². The Bertz CT molecular complexity index is 878. The van der Waals surface area contributed by atoms with Crippen LogP contribution in [0.1, 0.15) is 38.7 Å². The minimum atomic E-state index is -0.315. The molecule has 4 heteroatoms. The highest BCUT2D eigenvalue weighted by atomic mass is 19.1. The summed E-state index contributed by atoms with van der Waals surface area (Å²) >= 11 is 0. The number of piperidine rings is 1. The molecule has 2 aromatic carbocycles. The highest BCUT2D eigenvalue weighted by molar-refractivity contribution is 5.77. The van der Waals surface area contributed by atoms with Crippen molar-refractivity contribution in [1.29, 1.82) is 0 Å². The monoisotopic (exact) mass is 338 g/mol. The molecule has 0 spiro atoms. The molecule has 2 atom stereocenters. The third-order valence-electron chi connectivity index (χ3n) is 5.30. The fourth-order valence-electron chi connectivity index (χ4n) is 3.82. The zero-order valence-electron chi connectivity index (χ0n) is 14.7. The lowest BCUT2D eigenvalue weighted by atomic mass is 9.97. The second-order valence-corrected chi connectivity index (χ2v) is 7.10. The average molecular weight is 338 g/mol. The Hall–Kier alpha value is -2.20. The molecular formula is C21H23FN2O. The van der Waals surface area contributed by atoms with Gasteiger partial charge in [0.05, 0.1) is 5.56 Å². The second-order valence-electron chi connectivity index (χ2n) is 7.10. The lowest BCUT2D eigenvalue weighted by Gasteiger charge is -2.39. The van der Waals surface area contributed by atoms with Crippen LogP contribution in [0.2, 0.25) is 0 Å². The van der Waals surface area contributed by atoms with Gasteiger partial charge >= 0.3 is 0 Å². The van der Waals surface area contributed by atoms with E-state index in [0.717, 1.165) is 12.1 Å². The maximum absolute atomic E-state index is 14.0. The molecule has 3 aromatic rings. The molecule has 2 heterocycles. The summed E-state index contributed by atoms with van der Waals surface area (Å²) in [6.07, 6.45) is 3.83. The van der Waals surface area contributed by atoms with Gasteiger partial charge in [0.2, 0.25) is 5.89 Å². The first-order valence-electron chi connectivity index (χ1n) is 9.02. The summed E-state index contributed by atoms with van der Waals surface area (Å²) in [5, 5.41) is 0. The number of benzene rings is 2. The number of fused-ring (bicyclic) bond motifs is 1. The topological polar surface area (TPSA) is 29.3 Å². The van der Waals surface area contributed by atoms with E-state index in [4.69, 9.17) is 4.42 Å². The van der Waals surface area contributed by atoms with Gasteiger partial charge in [-0.3, -0.25) is 4.90 Å². The summed E-state index contributed by atoms with van der Waals surface area (Å²) in [4.78, 5) is 7.07. The molecule has 1 aliphatic rings. The van der Waals surface area contributed by atoms with E-state index in [1.165, 1.54) is 30.9 Å². The zero-order chi connectivity index (χ0) is 17.4. The molecule has 4 rings (SSSR count). The van der Waals surface area contributed by atoms with Crippen LogP contribution in [0, 0.1) is 5.82 Å². The maximum atomic E-state index is 14.0. The largest absolute Gasteiger partial charge is 0.436 e. The van der Waals surface area contributed by atoms with Crippen LogP contribution < -0.4 is 0 Å². The lowest BCUT2D eigenvalue weighted by molar-refractivity contribution is 0.0953. The number of hydrogen-bond acceptors (Lipinski definition) is 3. The SMILES string of the molecule is C[C@@H]1CCC[C@@H](C)N1Cc1ccc2oc(-c3ccccc3F)nc2c1. The first kappa shape index (κ1) is 16.3. The van der Waals surface area contributed by atoms with E-state index in [9.17, 15) is 4.39 Å². The van der Waals surface area contributed by atoms with E-state index < -0.39 is 0 Å². The molecular weight excluding hydrogens is 315 g/mol. The Morgan fingerprint density at radius 3 is 2.64 bits per heavy atom. The Morgan fingerprint density at radius 2 is 1.88 bits per heavy atom. The van der Waals surface area contributed by atoms with Gasteiger partial charge in [-0.05, 0) is 56.5 Å². The quantitative estimate of drug-likeness (QED) is 0.640. The number of aromatic nitrogens is 1. The van der Waals surface area contributed by atoms with E-state index in [2.05, 4.69) is 35.9 Å². The maximum Gasteiger partial charge on any atom is 0.230 e. The minimum Gasteiger partial charge on any atom is -0.436 e. The number of rotatable bonds is 3. The molecule has 130 valence electrons. The molecule has 3 nitrogen and oxygen atoms in total. The van der Waals surface area contributed by atoms with Crippen molar-refractivity contribution in [3.8, 4) is 11.5 Å². The second kappa shape index (κ2) is 6.60. The molecule has 1 aliphatic heterocycles. The third-order valence-corrected chi connectivity index (χ3v) is 5.30. The van der Waals surface area contributed by atoms with Gasteiger partial charge in [-0.15, -0.1) is 0 Å². The van der Waals surface area contributed by atoms with E-state index >= 15 is 0 Å². The van der Waals surface area contributed by atoms with Gasteiger partial charge in [0, 0.05) is 18.6 Å². The van der Waals surface area contributed by atoms with Gasteiger partial charge in [-0.2, -0.15) is 0 Å². The predicted octanol–water partition coefficient (Wildman–Crippen LogP) is 5.40. The Balaban J connectivity index is 1.63. The van der Waals surface area contributed by atoms with Crippen LogP contribution in [0.5, 0.6) is 0 Å². The zero-order valence-corrected chi connectivity index (χ0v) is 14.7. The van der Waals surface area contributed by atoms with Crippen LogP contribution in [0.15, 0.2) is 46.9 Å². The summed E-state index contributed by atoms with van der Waals surface area (Å²) in [6, 6.07) is 13.9. The number of likely N-dealkylation sites (tertiary alicyclic amines) is 1. The molecule has 0 unspecified atom stereocenters. The smallest absolute Gasteiger partial charge is 0.230 e. The molecule has 0 N–H and O–H groups in total. The number of oxazole rings is 1. The predicted molar refractivity (Wildman–Crippen MR) is 97.7 cm³/mol. The van der Waals surface area contributed by atoms with Crippen molar-refractivity contribution in [1.82, 2.24) is 9.88 Å². The van der Waals surface area contributed by atoms with Crippen molar-refractivity contribution in [3.05, 3.63) is 53.8 Å². The molecule has 0 aliphatic carbocycles. The van der Waals surface area contributed by atoms with E-state index in [1.54, 1.807) is 18.2 Å². The van der Waals surface area contributed by atoms with Gasteiger partial charge in [-0.1, -0.05) is 24.6 Å². The first-order valence-corrected chi connectivity index (χ1v) is 9.02. The van der Waals surface area contributed by atoms with Crippen LogP contribution in [-0.4, -0.2) is 22.0 Å². The molecule has 0 radical (unpaired) electrons. The fraction of sp³-hybridized carbons (Fsp3) is 0.381. The van der Waals surface area contributed by atoms with E-state index in [1.807, 2.05) is 6.07 Å². The van der Waals surface area contributed by atoms with Gasteiger partial charge in [0.15, 0.2) is 5.58 Å². The molecule has 1 fully saturated rings. The van der Waals surface area contributed by atoms with Crippen molar-refractivity contribution in [2.75, 3.05) is 0 Å². The molecule has 1 saturated heterocycles. The van der Waals surface area contributed by atoms with Gasteiger partial charge < -0.3 is 4.42 Å². The van der Waals surface area contributed by atoms with Crippen LogP contribution in [0.25, 0.3) is 22.6 Å². The summed E-state index contributed by atoms with van der Waals surface area (Å²) in [5.74, 6) is 0.0233. The van der Waals surface area contributed by atoms with Crippen LogP contribution in [-0.2, 0) is 6.54 Å². The highest BCUT2D eigenvalue weighted by Crippen LogP contribution is 2.29. The third kappa shape index (κ3) is 3.19. The van der Waals surface area contributed by atoms with Gasteiger partial charge in [0.25, 0.3) is 0 Å². The number of nitrogens with zero attached hydrogens (tertiary/aromatic N) is 2. The molecule has 1 aromatic heterocycles. The average Bonchev–Trinajstić information content (AvgIpc) is 3.01. The Labute approximate surface area is 147 Å². The van der Waals surface area contributed by atoms with Crippen molar-refractivity contribution in [3.63, 3.8) is 0 Å². The van der Waals surface area contributed by atoms with Gasteiger partial charge in [-0.25, -0.2) is 9.37 Å². The van der Waals surface area contributed by atoms with Crippen LogP contribution in [0.3, 0.4) is 0 Å². The molecule has 0 saturated carbocycles. The van der Waals surface area contributed by atoms with Crippen molar-refractivity contribution >= 4 is 11.1 Å². The van der Waals surface area contributed by atoms with Crippen molar-refractivity contribution in [2.45, 2.75) is 51.7 Å². The lowest BCUT2D eigenvalue weighted by Crippen LogP contribution is -2.42. The van der Waals surface area contributed by atoms with Crippen LogP contribution in [0.4, 0.5) is 4.39 Å². The number of hydrogen-bond donors (Lipinski definition) is 0. The Morgan fingerprint density at radius 1 is 1.12 bits per heavy atom. The molecule has 0 bridgehead atoms. The van der Waals surface area contributed by atoms with E-state index in [-0.39, 0.29) is 5.82 Å². The van der Waals surface area contributed by atoms with Crippen LogP contribution >= 0.6 is 0 Å². The number of halogens is 1. The summed E-state index contributed by atoms with van der Waals surface area (Å²) in [7, 11) is 0.